The first-order valence-electron chi connectivity index (χ1n) is 7.25. The molecule has 0 spiro atoms. The van der Waals surface area contributed by atoms with Gasteiger partial charge in [0.25, 0.3) is 0 Å². The van der Waals surface area contributed by atoms with Crippen molar-refractivity contribution in [3.05, 3.63) is 0 Å². The van der Waals surface area contributed by atoms with Crippen molar-refractivity contribution in [2.24, 2.45) is 5.73 Å². The normalized spacial score (nSPS) is 23.3. The van der Waals surface area contributed by atoms with E-state index in [1.165, 1.54) is 0 Å². The summed E-state index contributed by atoms with van der Waals surface area (Å²) in [7, 11) is 2.15. The van der Waals surface area contributed by atoms with Gasteiger partial charge in [0, 0.05) is 38.3 Å². The topological polar surface area (TPSA) is 61.6 Å². The van der Waals surface area contributed by atoms with Crippen LogP contribution in [-0.2, 0) is 4.79 Å². The molecule has 0 aliphatic carbocycles. The van der Waals surface area contributed by atoms with Gasteiger partial charge in [-0.15, -0.1) is 0 Å². The Bertz CT molecular complexity index is 300. The number of rotatable bonds is 6. The first-order valence-corrected chi connectivity index (χ1v) is 7.25. The maximum atomic E-state index is 11.8. The van der Waals surface area contributed by atoms with Crippen LogP contribution in [0, 0.1) is 0 Å². The van der Waals surface area contributed by atoms with Gasteiger partial charge >= 0.3 is 0 Å². The molecule has 0 aromatic carbocycles. The van der Waals surface area contributed by atoms with Crippen LogP contribution in [0.3, 0.4) is 0 Å². The lowest BCUT2D eigenvalue weighted by molar-refractivity contribution is -0.125. The Hall–Kier alpha value is -0.650. The van der Waals surface area contributed by atoms with Gasteiger partial charge in [-0.05, 0) is 41.2 Å². The van der Waals surface area contributed by atoms with Gasteiger partial charge in [-0.1, -0.05) is 0 Å². The standard InChI is InChI=1S/C14H30N4O/c1-11(2)16-14(4,13(15)19)10-12(3)18-8-6-17(5)7-9-18/h11-12,16H,6-10H2,1-5H3,(H2,15,19). The van der Waals surface area contributed by atoms with Crippen molar-refractivity contribution in [3.63, 3.8) is 0 Å². The Morgan fingerprint density at radius 2 is 1.79 bits per heavy atom. The summed E-state index contributed by atoms with van der Waals surface area (Å²) >= 11 is 0. The molecule has 1 heterocycles. The van der Waals surface area contributed by atoms with E-state index in [0.29, 0.717) is 6.04 Å². The lowest BCUT2D eigenvalue weighted by Crippen LogP contribution is -2.59. The van der Waals surface area contributed by atoms with Crippen molar-refractivity contribution in [2.75, 3.05) is 33.2 Å². The molecule has 2 atom stereocenters. The molecular weight excluding hydrogens is 240 g/mol. The zero-order valence-electron chi connectivity index (χ0n) is 13.1. The fourth-order valence-electron chi connectivity index (χ4n) is 2.85. The molecule has 0 aromatic heterocycles. The molecule has 1 aliphatic heterocycles. The van der Waals surface area contributed by atoms with Crippen LogP contribution in [0.25, 0.3) is 0 Å². The molecule has 0 aromatic rings. The minimum absolute atomic E-state index is 0.247. The van der Waals surface area contributed by atoms with Crippen molar-refractivity contribution in [3.8, 4) is 0 Å². The third-order valence-electron chi connectivity index (χ3n) is 4.02. The van der Waals surface area contributed by atoms with Gasteiger partial charge in [0.15, 0.2) is 0 Å². The number of nitrogens with two attached hydrogens (primary N) is 1. The Morgan fingerprint density at radius 1 is 1.26 bits per heavy atom. The minimum atomic E-state index is -0.628. The highest BCUT2D eigenvalue weighted by molar-refractivity contribution is 5.84. The maximum absolute atomic E-state index is 11.8. The fraction of sp³-hybridized carbons (Fsp3) is 0.929. The van der Waals surface area contributed by atoms with Gasteiger partial charge in [0.2, 0.25) is 5.91 Å². The number of nitrogens with zero attached hydrogens (tertiary/aromatic N) is 2. The van der Waals surface area contributed by atoms with Gasteiger partial charge in [0.05, 0.1) is 5.54 Å². The molecule has 1 aliphatic rings. The number of carbonyl (C=O) groups excluding carboxylic acids is 1. The molecular formula is C14H30N4O. The van der Waals surface area contributed by atoms with E-state index >= 15 is 0 Å². The van der Waals surface area contributed by atoms with Crippen LogP contribution < -0.4 is 11.1 Å². The second kappa shape index (κ2) is 6.68. The van der Waals surface area contributed by atoms with E-state index in [2.05, 4.69) is 29.1 Å². The number of carbonyl (C=O) groups is 1. The molecule has 0 bridgehead atoms. The average molecular weight is 270 g/mol. The zero-order chi connectivity index (χ0) is 14.6. The summed E-state index contributed by atoms with van der Waals surface area (Å²) in [6, 6.07) is 0.606. The van der Waals surface area contributed by atoms with E-state index in [1.54, 1.807) is 0 Å². The highest BCUT2D eigenvalue weighted by Gasteiger charge is 2.35. The first-order chi connectivity index (χ1) is 8.74. The van der Waals surface area contributed by atoms with Crippen LogP contribution in [0.15, 0.2) is 0 Å². The maximum Gasteiger partial charge on any atom is 0.237 e. The predicted molar refractivity (Wildman–Crippen MR) is 79.0 cm³/mol. The number of nitrogens with one attached hydrogen (secondary N) is 1. The molecule has 3 N–H and O–H groups in total. The monoisotopic (exact) mass is 270 g/mol. The van der Waals surface area contributed by atoms with Gasteiger partial charge in [-0.2, -0.15) is 0 Å². The Labute approximate surface area is 117 Å². The third kappa shape index (κ3) is 4.75. The summed E-state index contributed by atoms with van der Waals surface area (Å²) in [5, 5.41) is 3.32. The third-order valence-corrected chi connectivity index (χ3v) is 4.02. The van der Waals surface area contributed by atoms with Gasteiger partial charge in [0.1, 0.15) is 0 Å². The first kappa shape index (κ1) is 16.4. The van der Waals surface area contributed by atoms with E-state index in [-0.39, 0.29) is 11.9 Å². The van der Waals surface area contributed by atoms with E-state index in [0.717, 1.165) is 32.6 Å². The number of likely N-dealkylation sites (N-methyl/N-ethyl adjacent to an activating group) is 1. The highest BCUT2D eigenvalue weighted by atomic mass is 16.1. The summed E-state index contributed by atoms with van der Waals surface area (Å²) in [6.45, 7) is 12.5. The number of hydrogen-bond acceptors (Lipinski definition) is 4. The number of amides is 1. The Morgan fingerprint density at radius 3 is 2.21 bits per heavy atom. The van der Waals surface area contributed by atoms with Crippen LogP contribution in [0.4, 0.5) is 0 Å². The zero-order valence-corrected chi connectivity index (χ0v) is 13.1. The Kier molecular flexibility index (Phi) is 5.77. The summed E-state index contributed by atoms with van der Waals surface area (Å²) in [5.74, 6) is -0.262. The van der Waals surface area contributed by atoms with Crippen molar-refractivity contribution < 1.29 is 4.79 Å². The molecule has 5 nitrogen and oxygen atoms in total. The largest absolute Gasteiger partial charge is 0.368 e. The number of primary amides is 1. The SMILES string of the molecule is CC(C)NC(C)(CC(C)N1CCN(C)CC1)C(N)=O. The average Bonchev–Trinajstić information content (AvgIpc) is 2.28. The van der Waals surface area contributed by atoms with Gasteiger partial charge in [-0.3, -0.25) is 9.69 Å². The molecule has 0 radical (unpaired) electrons. The van der Waals surface area contributed by atoms with Crippen LogP contribution >= 0.6 is 0 Å². The predicted octanol–water partition coefficient (Wildman–Crippen LogP) is 0.254. The van der Waals surface area contributed by atoms with Crippen molar-refractivity contribution >= 4 is 5.91 Å². The van der Waals surface area contributed by atoms with Gasteiger partial charge in [-0.25, -0.2) is 0 Å². The number of hydrogen-bond donors (Lipinski definition) is 2. The van der Waals surface area contributed by atoms with Crippen molar-refractivity contribution in [1.29, 1.82) is 0 Å². The minimum Gasteiger partial charge on any atom is -0.368 e. The molecule has 5 heteroatoms. The quantitative estimate of drug-likeness (QED) is 0.726. The molecule has 1 saturated heterocycles. The highest BCUT2D eigenvalue weighted by Crippen LogP contribution is 2.18. The van der Waals surface area contributed by atoms with E-state index < -0.39 is 5.54 Å². The fourth-order valence-corrected chi connectivity index (χ4v) is 2.85. The summed E-state index contributed by atoms with van der Waals surface area (Å²) in [6.07, 6.45) is 0.754. The van der Waals surface area contributed by atoms with Crippen LogP contribution in [0.1, 0.15) is 34.1 Å². The van der Waals surface area contributed by atoms with E-state index in [4.69, 9.17) is 5.73 Å². The summed E-state index contributed by atoms with van der Waals surface area (Å²) in [5.41, 5.74) is 4.96. The lowest BCUT2D eigenvalue weighted by Gasteiger charge is -2.40. The summed E-state index contributed by atoms with van der Waals surface area (Å²) < 4.78 is 0. The molecule has 112 valence electrons. The molecule has 1 rings (SSSR count). The second-order valence-corrected chi connectivity index (χ2v) is 6.39. The molecule has 0 saturated carbocycles. The molecule has 2 unspecified atom stereocenters. The Balaban J connectivity index is 2.61. The van der Waals surface area contributed by atoms with Crippen LogP contribution in [0.5, 0.6) is 0 Å². The van der Waals surface area contributed by atoms with Gasteiger partial charge < -0.3 is 16.0 Å². The molecule has 19 heavy (non-hydrogen) atoms. The smallest absolute Gasteiger partial charge is 0.237 e. The van der Waals surface area contributed by atoms with E-state index in [1.807, 2.05) is 20.8 Å². The van der Waals surface area contributed by atoms with Crippen LogP contribution in [0.2, 0.25) is 0 Å². The molecule has 1 amide bonds. The van der Waals surface area contributed by atoms with Crippen molar-refractivity contribution in [1.82, 2.24) is 15.1 Å². The molecule has 1 fully saturated rings. The van der Waals surface area contributed by atoms with Crippen LogP contribution in [-0.4, -0.2) is 66.6 Å². The number of piperazine rings is 1. The van der Waals surface area contributed by atoms with Crippen molar-refractivity contribution in [2.45, 2.75) is 51.7 Å². The second-order valence-electron chi connectivity index (χ2n) is 6.39. The summed E-state index contributed by atoms with van der Waals surface area (Å²) in [4.78, 5) is 16.5. The van der Waals surface area contributed by atoms with E-state index in [9.17, 15) is 4.79 Å². The lowest BCUT2D eigenvalue weighted by atomic mass is 9.91.